The average Bonchev–Trinajstić information content (AvgIpc) is 3.48. The molecule has 1 fully saturated rings. The first kappa shape index (κ1) is 28.4. The first-order valence-electron chi connectivity index (χ1n) is 11.9. The quantitative estimate of drug-likeness (QED) is 0.362. The molecular formula is C24H26ClN3O7S3. The van der Waals surface area contributed by atoms with Crippen molar-refractivity contribution in [1.29, 1.82) is 0 Å². The Morgan fingerprint density at radius 3 is 2.39 bits per heavy atom. The van der Waals surface area contributed by atoms with Crippen molar-refractivity contribution in [3.8, 4) is 0 Å². The van der Waals surface area contributed by atoms with Crippen LogP contribution in [0.4, 0.5) is 0 Å². The van der Waals surface area contributed by atoms with Crippen LogP contribution < -0.4 is 4.80 Å². The van der Waals surface area contributed by atoms with Crippen molar-refractivity contribution in [2.75, 3.05) is 26.3 Å². The highest BCUT2D eigenvalue weighted by atomic mass is 35.5. The maximum absolute atomic E-state index is 13.2. The molecule has 0 bridgehead atoms. The van der Waals surface area contributed by atoms with E-state index in [0.717, 1.165) is 11.3 Å². The van der Waals surface area contributed by atoms with Gasteiger partial charge in [-0.25, -0.2) is 13.2 Å². The summed E-state index contributed by atoms with van der Waals surface area (Å²) >= 11 is 8.07. The summed E-state index contributed by atoms with van der Waals surface area (Å²) in [6, 6.07) is 7.94. The molecule has 0 N–H and O–H groups in total. The minimum atomic E-state index is -3.67. The Kier molecular flexibility index (Phi) is 9.04. The lowest BCUT2D eigenvalue weighted by Crippen LogP contribution is -2.40. The van der Waals surface area contributed by atoms with E-state index in [1.807, 2.05) is 0 Å². The Balaban J connectivity index is 1.59. The summed E-state index contributed by atoms with van der Waals surface area (Å²) < 4.78 is 40.1. The number of thiophene rings is 1. The number of sulfonamides is 1. The molecule has 14 heteroatoms. The fourth-order valence-corrected chi connectivity index (χ4v) is 8.26. The molecule has 2 aromatic heterocycles. The smallest absolute Gasteiger partial charge is 0.338 e. The molecular weight excluding hydrogens is 574 g/mol. The lowest BCUT2D eigenvalue weighted by Gasteiger charge is -2.29. The Morgan fingerprint density at radius 2 is 1.76 bits per heavy atom. The van der Waals surface area contributed by atoms with Crippen molar-refractivity contribution in [3.63, 3.8) is 0 Å². The predicted molar refractivity (Wildman–Crippen MR) is 144 cm³/mol. The van der Waals surface area contributed by atoms with E-state index in [1.54, 1.807) is 42.7 Å². The summed E-state index contributed by atoms with van der Waals surface area (Å²) in [6.45, 7) is 4.07. The summed E-state index contributed by atoms with van der Waals surface area (Å²) in [4.78, 5) is 42.3. The van der Waals surface area contributed by atoms with E-state index in [2.05, 4.69) is 4.99 Å². The van der Waals surface area contributed by atoms with E-state index in [9.17, 15) is 22.8 Å². The van der Waals surface area contributed by atoms with Crippen LogP contribution in [0.3, 0.4) is 0 Å². The second-order valence-corrected chi connectivity index (χ2v) is 13.3. The van der Waals surface area contributed by atoms with Crippen LogP contribution in [0.25, 0.3) is 10.2 Å². The van der Waals surface area contributed by atoms with Crippen LogP contribution in [0.2, 0.25) is 4.34 Å². The van der Waals surface area contributed by atoms with Crippen LogP contribution in [0.1, 0.15) is 37.0 Å². The number of halogens is 1. The van der Waals surface area contributed by atoms with Crippen molar-refractivity contribution >= 4 is 72.4 Å². The van der Waals surface area contributed by atoms with Crippen LogP contribution in [0.15, 0.2) is 39.5 Å². The van der Waals surface area contributed by atoms with Crippen molar-refractivity contribution in [2.24, 2.45) is 10.9 Å². The van der Waals surface area contributed by atoms with Crippen molar-refractivity contribution in [1.82, 2.24) is 8.87 Å². The monoisotopic (exact) mass is 599 g/mol. The van der Waals surface area contributed by atoms with Gasteiger partial charge in [0.15, 0.2) is 4.80 Å². The van der Waals surface area contributed by atoms with Gasteiger partial charge in [-0.3, -0.25) is 9.59 Å². The molecule has 4 rings (SSSR count). The van der Waals surface area contributed by atoms with E-state index < -0.39 is 33.8 Å². The number of fused-ring (bicyclic) bond motifs is 1. The van der Waals surface area contributed by atoms with E-state index in [1.165, 1.54) is 21.7 Å². The van der Waals surface area contributed by atoms with Gasteiger partial charge in [-0.2, -0.15) is 9.30 Å². The molecule has 1 saturated heterocycles. The Labute approximate surface area is 232 Å². The third-order valence-corrected chi connectivity index (χ3v) is 10.6. The number of hydrogen-bond acceptors (Lipinski definition) is 9. The van der Waals surface area contributed by atoms with Gasteiger partial charge < -0.3 is 14.0 Å². The molecule has 1 aliphatic rings. The van der Waals surface area contributed by atoms with Gasteiger partial charge in [0.1, 0.15) is 10.8 Å². The maximum atomic E-state index is 13.2. The molecule has 3 heterocycles. The molecule has 0 saturated carbocycles. The average molecular weight is 600 g/mol. The number of amides is 1. The molecule has 0 unspecified atom stereocenters. The molecule has 10 nitrogen and oxygen atoms in total. The highest BCUT2D eigenvalue weighted by molar-refractivity contribution is 7.91. The molecule has 0 aliphatic carbocycles. The number of piperidine rings is 1. The highest BCUT2D eigenvalue weighted by Crippen LogP contribution is 2.31. The van der Waals surface area contributed by atoms with Crippen LogP contribution in [0.5, 0.6) is 0 Å². The molecule has 1 amide bonds. The number of carbonyl (C=O) groups is 3. The number of esters is 2. The van der Waals surface area contributed by atoms with Gasteiger partial charge in [0.2, 0.25) is 0 Å². The minimum absolute atomic E-state index is 0.154. The topological polar surface area (TPSA) is 124 Å². The summed E-state index contributed by atoms with van der Waals surface area (Å²) in [5, 5.41) is 0. The molecule has 204 valence electrons. The number of ether oxygens (including phenoxy) is 2. The lowest BCUT2D eigenvalue weighted by atomic mass is 9.98. The van der Waals surface area contributed by atoms with Crippen molar-refractivity contribution in [3.05, 3.63) is 45.0 Å². The van der Waals surface area contributed by atoms with Gasteiger partial charge in [-0.05, 0) is 57.0 Å². The zero-order valence-electron chi connectivity index (χ0n) is 20.7. The number of thiazole rings is 1. The first-order valence-corrected chi connectivity index (χ1v) is 15.4. The highest BCUT2D eigenvalue weighted by Gasteiger charge is 2.33. The normalized spacial score (nSPS) is 15.6. The predicted octanol–water partition coefficient (Wildman–Crippen LogP) is 3.69. The summed E-state index contributed by atoms with van der Waals surface area (Å²) in [5.74, 6) is -1.82. The molecule has 3 aromatic rings. The van der Waals surface area contributed by atoms with Crippen LogP contribution in [0, 0.1) is 5.92 Å². The van der Waals surface area contributed by atoms with Gasteiger partial charge in [-0.15, -0.1) is 11.3 Å². The van der Waals surface area contributed by atoms with Gasteiger partial charge in [0.05, 0.1) is 33.3 Å². The second kappa shape index (κ2) is 12.1. The van der Waals surface area contributed by atoms with Crippen LogP contribution in [-0.2, 0) is 35.6 Å². The van der Waals surface area contributed by atoms with Gasteiger partial charge in [0.25, 0.3) is 15.9 Å². The van der Waals surface area contributed by atoms with Gasteiger partial charge >= 0.3 is 11.9 Å². The van der Waals surface area contributed by atoms with E-state index in [4.69, 9.17) is 21.1 Å². The molecule has 0 spiro atoms. The van der Waals surface area contributed by atoms with Crippen molar-refractivity contribution < 1.29 is 32.3 Å². The zero-order valence-corrected chi connectivity index (χ0v) is 23.9. The second-order valence-electron chi connectivity index (χ2n) is 8.37. The standard InChI is InChI=1S/C24H26ClN3O7S3/c1-3-34-20(29)14-28-17-6-5-16(23(31)35-4-2)13-18(17)36-24(28)26-22(30)15-9-11-27(12-10-15)38(32,33)21-8-7-19(25)37-21/h5-8,13,15H,3-4,9-12,14H2,1-2H3. The number of rotatable bonds is 8. The molecule has 1 aromatic carbocycles. The summed E-state index contributed by atoms with van der Waals surface area (Å²) in [7, 11) is -3.67. The number of nitrogens with zero attached hydrogens (tertiary/aromatic N) is 3. The number of aromatic nitrogens is 1. The van der Waals surface area contributed by atoms with Gasteiger partial charge in [0, 0.05) is 19.0 Å². The SMILES string of the molecule is CCOC(=O)Cn1c(=NC(=O)C2CCN(S(=O)(=O)c3ccc(Cl)s3)CC2)sc2cc(C(=O)OCC)ccc21. The number of benzene rings is 1. The fourth-order valence-electron chi connectivity index (χ4n) is 4.08. The molecule has 38 heavy (non-hydrogen) atoms. The maximum Gasteiger partial charge on any atom is 0.338 e. The third-order valence-electron chi connectivity index (χ3n) is 5.94. The Bertz CT molecular complexity index is 1530. The van der Waals surface area contributed by atoms with Gasteiger partial charge in [-0.1, -0.05) is 22.9 Å². The number of carbonyl (C=O) groups excluding carboxylic acids is 3. The lowest BCUT2D eigenvalue weighted by molar-refractivity contribution is -0.143. The van der Waals surface area contributed by atoms with E-state index in [-0.39, 0.29) is 37.1 Å². The molecule has 0 radical (unpaired) electrons. The van der Waals surface area contributed by atoms with E-state index >= 15 is 0 Å². The minimum Gasteiger partial charge on any atom is -0.465 e. The summed E-state index contributed by atoms with van der Waals surface area (Å²) in [5.41, 5.74) is 0.973. The van der Waals surface area contributed by atoms with Crippen molar-refractivity contribution in [2.45, 2.75) is 37.4 Å². The zero-order chi connectivity index (χ0) is 27.4. The largest absolute Gasteiger partial charge is 0.465 e. The third kappa shape index (κ3) is 6.18. The molecule has 1 aliphatic heterocycles. The van der Waals surface area contributed by atoms with Crippen LogP contribution in [-0.4, -0.2) is 61.4 Å². The van der Waals surface area contributed by atoms with Crippen LogP contribution >= 0.6 is 34.3 Å². The Morgan fingerprint density at radius 1 is 1.05 bits per heavy atom. The van der Waals surface area contributed by atoms with E-state index in [0.29, 0.717) is 37.8 Å². The molecule has 0 atom stereocenters. The Hall–Kier alpha value is -2.58. The fraction of sp³-hybridized carbons (Fsp3) is 0.417. The first-order chi connectivity index (χ1) is 18.1. The number of hydrogen-bond donors (Lipinski definition) is 0. The summed E-state index contributed by atoms with van der Waals surface area (Å²) in [6.07, 6.45) is 0.632.